The van der Waals surface area contributed by atoms with Gasteiger partial charge < -0.3 is 5.32 Å². The molecule has 90 valence electrons. The van der Waals surface area contributed by atoms with E-state index in [0.717, 1.165) is 41.5 Å². The molecular formula is C13H19Cl2N. The van der Waals surface area contributed by atoms with Gasteiger partial charge in [0.15, 0.2) is 0 Å². The minimum Gasteiger partial charge on any atom is -0.317 e. The lowest BCUT2D eigenvalue weighted by Gasteiger charge is -2.07. The van der Waals surface area contributed by atoms with Crippen LogP contribution in [0.15, 0.2) is 18.2 Å². The predicted molar refractivity (Wildman–Crippen MR) is 72.6 cm³/mol. The van der Waals surface area contributed by atoms with Gasteiger partial charge in [-0.3, -0.25) is 0 Å². The lowest BCUT2D eigenvalue weighted by Crippen LogP contribution is -2.15. The average molecular weight is 260 g/mol. The van der Waals surface area contributed by atoms with Gasteiger partial charge >= 0.3 is 0 Å². The summed E-state index contributed by atoms with van der Waals surface area (Å²) >= 11 is 12.2. The maximum absolute atomic E-state index is 6.09. The molecule has 0 saturated heterocycles. The Hall–Kier alpha value is -0.240. The Morgan fingerprint density at radius 3 is 2.38 bits per heavy atom. The van der Waals surface area contributed by atoms with E-state index in [0.29, 0.717) is 0 Å². The van der Waals surface area contributed by atoms with Crippen LogP contribution >= 0.6 is 23.2 Å². The fourth-order valence-electron chi connectivity index (χ4n) is 1.62. The number of benzene rings is 1. The van der Waals surface area contributed by atoms with Crippen molar-refractivity contribution in [2.45, 2.75) is 32.6 Å². The minimum absolute atomic E-state index is 0.786. The van der Waals surface area contributed by atoms with Gasteiger partial charge in [0.05, 0.1) is 0 Å². The van der Waals surface area contributed by atoms with Crippen molar-refractivity contribution in [2.75, 3.05) is 13.1 Å². The van der Waals surface area contributed by atoms with Crippen molar-refractivity contribution in [1.29, 1.82) is 0 Å². The molecule has 0 spiro atoms. The molecule has 0 aliphatic carbocycles. The molecular weight excluding hydrogens is 241 g/mol. The Balaban J connectivity index is 2.26. The summed E-state index contributed by atoms with van der Waals surface area (Å²) in [5, 5.41) is 4.96. The maximum Gasteiger partial charge on any atom is 0.0452 e. The number of halogens is 2. The number of hydrogen-bond acceptors (Lipinski definition) is 1. The molecule has 1 nitrogen and oxygen atoms in total. The Morgan fingerprint density at radius 1 is 1.06 bits per heavy atom. The first-order valence-corrected chi connectivity index (χ1v) is 6.65. The van der Waals surface area contributed by atoms with E-state index in [2.05, 4.69) is 12.2 Å². The highest BCUT2D eigenvalue weighted by molar-refractivity contribution is 6.35. The van der Waals surface area contributed by atoms with Crippen LogP contribution in [0, 0.1) is 0 Å². The van der Waals surface area contributed by atoms with E-state index in [1.807, 2.05) is 18.2 Å². The summed E-state index contributed by atoms with van der Waals surface area (Å²) in [4.78, 5) is 0. The molecule has 0 aromatic heterocycles. The summed E-state index contributed by atoms with van der Waals surface area (Å²) in [5.41, 5.74) is 1.08. The first-order chi connectivity index (χ1) is 7.75. The fourth-order valence-corrected chi connectivity index (χ4v) is 2.21. The van der Waals surface area contributed by atoms with Gasteiger partial charge in [-0.15, -0.1) is 0 Å². The van der Waals surface area contributed by atoms with Crippen LogP contribution in [-0.4, -0.2) is 13.1 Å². The molecule has 0 fully saturated rings. The van der Waals surface area contributed by atoms with Gasteiger partial charge in [0, 0.05) is 10.0 Å². The zero-order valence-corrected chi connectivity index (χ0v) is 11.2. The first kappa shape index (κ1) is 13.8. The molecule has 0 heterocycles. The van der Waals surface area contributed by atoms with Crippen LogP contribution in [0.5, 0.6) is 0 Å². The summed E-state index contributed by atoms with van der Waals surface area (Å²) in [5.74, 6) is 0. The Morgan fingerprint density at radius 2 is 1.75 bits per heavy atom. The number of hydrogen-bond donors (Lipinski definition) is 1. The maximum atomic E-state index is 6.09. The summed E-state index contributed by atoms with van der Waals surface area (Å²) in [6.07, 6.45) is 4.45. The van der Waals surface area contributed by atoms with E-state index >= 15 is 0 Å². The second-order valence-corrected chi connectivity index (χ2v) is 4.72. The van der Waals surface area contributed by atoms with Crippen LogP contribution in [0.25, 0.3) is 0 Å². The van der Waals surface area contributed by atoms with Crippen molar-refractivity contribution < 1.29 is 0 Å². The molecule has 0 bridgehead atoms. The predicted octanol–water partition coefficient (Wildman–Crippen LogP) is 4.32. The Bertz CT molecular complexity index is 293. The molecule has 0 aliphatic heterocycles. The van der Waals surface area contributed by atoms with Crippen LogP contribution < -0.4 is 5.32 Å². The highest BCUT2D eigenvalue weighted by Crippen LogP contribution is 2.25. The van der Waals surface area contributed by atoms with Crippen LogP contribution in [0.2, 0.25) is 10.0 Å². The summed E-state index contributed by atoms with van der Waals surface area (Å²) in [6.45, 7) is 4.36. The Labute approximate surface area is 108 Å². The van der Waals surface area contributed by atoms with Gasteiger partial charge in [-0.25, -0.2) is 0 Å². The van der Waals surface area contributed by atoms with Crippen molar-refractivity contribution in [3.05, 3.63) is 33.8 Å². The van der Waals surface area contributed by atoms with Gasteiger partial charge in [0.2, 0.25) is 0 Å². The standard InChI is InChI=1S/C13H19Cl2N/c1-2-9-16-10-4-3-6-11-12(14)7-5-8-13(11)15/h5,7-8,16H,2-4,6,9-10H2,1H3. The first-order valence-electron chi connectivity index (χ1n) is 5.89. The zero-order valence-electron chi connectivity index (χ0n) is 9.73. The highest BCUT2D eigenvalue weighted by Gasteiger charge is 2.04. The number of nitrogens with one attached hydrogen (secondary N) is 1. The molecule has 0 saturated carbocycles. The lowest BCUT2D eigenvalue weighted by molar-refractivity contribution is 0.617. The molecule has 0 amide bonds. The van der Waals surface area contributed by atoms with Crippen LogP contribution in [0.4, 0.5) is 0 Å². The molecule has 1 aromatic carbocycles. The van der Waals surface area contributed by atoms with Gasteiger partial charge in [0.25, 0.3) is 0 Å². The molecule has 0 atom stereocenters. The second kappa shape index (κ2) is 7.94. The Kier molecular flexibility index (Phi) is 6.86. The largest absolute Gasteiger partial charge is 0.317 e. The van der Waals surface area contributed by atoms with E-state index < -0.39 is 0 Å². The highest BCUT2D eigenvalue weighted by atomic mass is 35.5. The van der Waals surface area contributed by atoms with Crippen molar-refractivity contribution in [3.8, 4) is 0 Å². The normalized spacial score (nSPS) is 10.7. The minimum atomic E-state index is 0.786. The molecule has 0 aliphatic rings. The molecule has 1 rings (SSSR count). The van der Waals surface area contributed by atoms with Crippen molar-refractivity contribution in [2.24, 2.45) is 0 Å². The summed E-state index contributed by atoms with van der Waals surface area (Å²) < 4.78 is 0. The monoisotopic (exact) mass is 259 g/mol. The summed E-state index contributed by atoms with van der Waals surface area (Å²) in [6, 6.07) is 5.69. The number of rotatable bonds is 7. The molecule has 3 heteroatoms. The molecule has 1 N–H and O–H groups in total. The SMILES string of the molecule is CCCNCCCCc1c(Cl)cccc1Cl. The smallest absolute Gasteiger partial charge is 0.0452 e. The lowest BCUT2D eigenvalue weighted by atomic mass is 10.1. The molecule has 0 unspecified atom stereocenters. The second-order valence-electron chi connectivity index (χ2n) is 3.91. The van der Waals surface area contributed by atoms with Gasteiger partial charge in [0.1, 0.15) is 0 Å². The van der Waals surface area contributed by atoms with Crippen LogP contribution in [0.3, 0.4) is 0 Å². The van der Waals surface area contributed by atoms with E-state index in [4.69, 9.17) is 23.2 Å². The van der Waals surface area contributed by atoms with Gasteiger partial charge in [-0.2, -0.15) is 0 Å². The van der Waals surface area contributed by atoms with Crippen LogP contribution in [-0.2, 0) is 6.42 Å². The topological polar surface area (TPSA) is 12.0 Å². The van der Waals surface area contributed by atoms with Crippen molar-refractivity contribution in [3.63, 3.8) is 0 Å². The molecule has 16 heavy (non-hydrogen) atoms. The third kappa shape index (κ3) is 4.73. The third-order valence-corrected chi connectivity index (χ3v) is 3.23. The van der Waals surface area contributed by atoms with E-state index in [-0.39, 0.29) is 0 Å². The van der Waals surface area contributed by atoms with E-state index in [9.17, 15) is 0 Å². The number of unbranched alkanes of at least 4 members (excludes halogenated alkanes) is 1. The van der Waals surface area contributed by atoms with Crippen molar-refractivity contribution >= 4 is 23.2 Å². The van der Waals surface area contributed by atoms with Crippen LogP contribution in [0.1, 0.15) is 31.7 Å². The molecule has 0 radical (unpaired) electrons. The van der Waals surface area contributed by atoms with Crippen molar-refractivity contribution in [1.82, 2.24) is 5.32 Å². The fraction of sp³-hybridized carbons (Fsp3) is 0.538. The van der Waals surface area contributed by atoms with Gasteiger partial charge in [-0.05, 0) is 56.5 Å². The zero-order chi connectivity index (χ0) is 11.8. The van der Waals surface area contributed by atoms with Gasteiger partial charge in [-0.1, -0.05) is 36.2 Å². The van der Waals surface area contributed by atoms with E-state index in [1.54, 1.807) is 0 Å². The van der Waals surface area contributed by atoms with E-state index in [1.165, 1.54) is 12.8 Å². The quantitative estimate of drug-likeness (QED) is 0.720. The summed E-state index contributed by atoms with van der Waals surface area (Å²) in [7, 11) is 0. The average Bonchev–Trinajstić information content (AvgIpc) is 2.26. The third-order valence-electron chi connectivity index (χ3n) is 2.52. The molecule has 1 aromatic rings.